The average Bonchev–Trinajstić information content (AvgIpc) is 3.03. The third-order valence-electron chi connectivity index (χ3n) is 6.69. The predicted molar refractivity (Wildman–Crippen MR) is 138 cm³/mol. The third-order valence-corrected chi connectivity index (χ3v) is 6.69. The topological polar surface area (TPSA) is 96.9 Å². The summed E-state index contributed by atoms with van der Waals surface area (Å²) >= 11 is 0. The molecule has 3 rings (SSSR count). The first-order chi connectivity index (χ1) is 16.4. The molecular weight excluding hydrogens is 443 g/mol. The highest BCUT2D eigenvalue weighted by atomic mass is 16.7. The number of amides is 2. The zero-order valence-corrected chi connectivity index (χ0v) is 21.5. The summed E-state index contributed by atoms with van der Waals surface area (Å²) in [7, 11) is -0.635. The van der Waals surface area contributed by atoms with Crippen LogP contribution in [0.25, 0.3) is 11.1 Å². The molecule has 0 spiro atoms. The van der Waals surface area contributed by atoms with Crippen LogP contribution in [0, 0.1) is 5.92 Å². The van der Waals surface area contributed by atoms with Crippen molar-refractivity contribution in [2.24, 2.45) is 5.92 Å². The molecule has 188 valence electrons. The van der Waals surface area contributed by atoms with Gasteiger partial charge < -0.3 is 25.0 Å². The summed E-state index contributed by atoms with van der Waals surface area (Å²) in [5.74, 6) is -1.09. The Labute approximate surface area is 208 Å². The molecular formula is C27H37BN2O5. The molecule has 3 N–H and O–H groups in total. The number of carbonyl (C=O) groups excluding carboxylic acids is 2. The van der Waals surface area contributed by atoms with E-state index in [9.17, 15) is 14.7 Å². The van der Waals surface area contributed by atoms with Crippen molar-refractivity contribution in [1.82, 2.24) is 10.6 Å². The number of carbonyl (C=O) groups is 2. The number of rotatable bonds is 9. The Morgan fingerprint density at radius 2 is 1.51 bits per heavy atom. The molecule has 2 aromatic rings. The molecule has 2 amide bonds. The number of nitrogens with one attached hydrogen (secondary N) is 2. The van der Waals surface area contributed by atoms with Crippen LogP contribution in [-0.4, -0.2) is 53.8 Å². The lowest BCUT2D eigenvalue weighted by Crippen LogP contribution is -2.56. The van der Waals surface area contributed by atoms with Crippen LogP contribution in [0.4, 0.5) is 0 Å². The Morgan fingerprint density at radius 1 is 0.914 bits per heavy atom. The Hall–Kier alpha value is -2.68. The van der Waals surface area contributed by atoms with Gasteiger partial charge >= 0.3 is 7.12 Å². The standard InChI is InChI=1S/C27H37BN2O5/c1-18(2)15-23(28-34-26(3,4)27(5,6)35-28)30-25(33)22(17-31)29-24(32)21-14-10-13-20(16-21)19-11-8-7-9-12-19/h7-14,16,18,22-23,31H,15,17H2,1-6H3,(H,29,32)(H,30,33)/t22-,23?/m0/s1. The number of hydrogen-bond donors (Lipinski definition) is 3. The maximum absolute atomic E-state index is 13.1. The first-order valence-electron chi connectivity index (χ1n) is 12.2. The molecule has 1 aliphatic rings. The minimum absolute atomic E-state index is 0.266. The second-order valence-corrected chi connectivity index (χ2v) is 10.5. The largest absolute Gasteiger partial charge is 0.481 e. The van der Waals surface area contributed by atoms with Crippen molar-refractivity contribution in [3.8, 4) is 11.1 Å². The van der Waals surface area contributed by atoms with Crippen molar-refractivity contribution in [3.05, 3.63) is 60.2 Å². The van der Waals surface area contributed by atoms with Crippen molar-refractivity contribution >= 4 is 18.9 Å². The van der Waals surface area contributed by atoms with E-state index < -0.39 is 48.7 Å². The summed E-state index contributed by atoms with van der Waals surface area (Å²) < 4.78 is 12.3. The van der Waals surface area contributed by atoms with E-state index in [1.807, 2.05) is 64.1 Å². The van der Waals surface area contributed by atoms with Gasteiger partial charge in [-0.25, -0.2) is 0 Å². The first-order valence-corrected chi connectivity index (χ1v) is 12.2. The minimum Gasteiger partial charge on any atom is -0.402 e. The fraction of sp³-hybridized carbons (Fsp3) is 0.481. The molecule has 2 atom stereocenters. The smallest absolute Gasteiger partial charge is 0.402 e. The van der Waals surface area contributed by atoms with Crippen LogP contribution in [-0.2, 0) is 14.1 Å². The second kappa shape index (κ2) is 10.9. The van der Waals surface area contributed by atoms with Gasteiger partial charge in [-0.2, -0.15) is 0 Å². The molecule has 0 aliphatic carbocycles. The van der Waals surface area contributed by atoms with E-state index in [2.05, 4.69) is 24.5 Å². The van der Waals surface area contributed by atoms with Gasteiger partial charge in [0.05, 0.1) is 23.8 Å². The van der Waals surface area contributed by atoms with Crippen LogP contribution in [0.5, 0.6) is 0 Å². The van der Waals surface area contributed by atoms with Crippen LogP contribution in [0.1, 0.15) is 58.3 Å². The van der Waals surface area contributed by atoms with Crippen molar-refractivity contribution in [2.45, 2.75) is 71.1 Å². The van der Waals surface area contributed by atoms with Crippen LogP contribution < -0.4 is 10.6 Å². The maximum atomic E-state index is 13.1. The molecule has 1 aliphatic heterocycles. The number of benzene rings is 2. The molecule has 1 fully saturated rings. The SMILES string of the molecule is CC(C)CC(NC(=O)[C@H](CO)NC(=O)c1cccc(-c2ccccc2)c1)B1OC(C)(C)C(C)(C)O1. The molecule has 2 aromatic carbocycles. The fourth-order valence-electron chi connectivity index (χ4n) is 3.99. The maximum Gasteiger partial charge on any atom is 0.481 e. The predicted octanol–water partition coefficient (Wildman–Crippen LogP) is 3.61. The highest BCUT2D eigenvalue weighted by Crippen LogP contribution is 2.38. The molecule has 0 radical (unpaired) electrons. The molecule has 0 bridgehead atoms. The summed E-state index contributed by atoms with van der Waals surface area (Å²) in [4.78, 5) is 26.0. The van der Waals surface area contributed by atoms with E-state index in [1.54, 1.807) is 18.2 Å². The van der Waals surface area contributed by atoms with Gasteiger partial charge in [0.2, 0.25) is 5.91 Å². The summed E-state index contributed by atoms with van der Waals surface area (Å²) in [5, 5.41) is 15.5. The van der Waals surface area contributed by atoms with Gasteiger partial charge in [-0.05, 0) is 63.3 Å². The van der Waals surface area contributed by atoms with E-state index in [-0.39, 0.29) is 5.92 Å². The number of hydrogen-bond acceptors (Lipinski definition) is 5. The summed E-state index contributed by atoms with van der Waals surface area (Å²) in [5.41, 5.74) is 1.21. The van der Waals surface area contributed by atoms with Gasteiger partial charge in [0.25, 0.3) is 5.91 Å². The van der Waals surface area contributed by atoms with E-state index in [0.717, 1.165) is 11.1 Å². The van der Waals surface area contributed by atoms with Gasteiger partial charge in [-0.3, -0.25) is 9.59 Å². The van der Waals surface area contributed by atoms with E-state index in [1.165, 1.54) is 0 Å². The molecule has 8 heteroatoms. The quantitative estimate of drug-likeness (QED) is 0.477. The second-order valence-electron chi connectivity index (χ2n) is 10.5. The molecule has 35 heavy (non-hydrogen) atoms. The lowest BCUT2D eigenvalue weighted by Gasteiger charge is -2.32. The number of aliphatic hydroxyl groups is 1. The van der Waals surface area contributed by atoms with Crippen molar-refractivity contribution < 1.29 is 24.0 Å². The Balaban J connectivity index is 1.71. The average molecular weight is 480 g/mol. The molecule has 1 heterocycles. The zero-order chi connectivity index (χ0) is 25.8. The molecule has 7 nitrogen and oxygen atoms in total. The van der Waals surface area contributed by atoms with Gasteiger partial charge in [-0.15, -0.1) is 0 Å². The van der Waals surface area contributed by atoms with Crippen LogP contribution >= 0.6 is 0 Å². The lowest BCUT2D eigenvalue weighted by atomic mass is 9.74. The zero-order valence-electron chi connectivity index (χ0n) is 21.5. The van der Waals surface area contributed by atoms with Crippen molar-refractivity contribution in [3.63, 3.8) is 0 Å². The summed E-state index contributed by atoms with van der Waals surface area (Å²) in [6.45, 7) is 11.4. The van der Waals surface area contributed by atoms with Gasteiger partial charge in [0.1, 0.15) is 6.04 Å². The van der Waals surface area contributed by atoms with Crippen molar-refractivity contribution in [2.75, 3.05) is 6.61 Å². The fourth-order valence-corrected chi connectivity index (χ4v) is 3.99. The van der Waals surface area contributed by atoms with E-state index >= 15 is 0 Å². The normalized spacial score (nSPS) is 18.2. The Kier molecular flexibility index (Phi) is 8.41. The molecule has 1 unspecified atom stereocenters. The van der Waals surface area contributed by atoms with Crippen LogP contribution in [0.2, 0.25) is 0 Å². The van der Waals surface area contributed by atoms with Crippen LogP contribution in [0.15, 0.2) is 54.6 Å². The van der Waals surface area contributed by atoms with Gasteiger partial charge in [-0.1, -0.05) is 56.3 Å². The Morgan fingerprint density at radius 3 is 2.09 bits per heavy atom. The Bertz CT molecular complexity index is 1010. The lowest BCUT2D eigenvalue weighted by molar-refractivity contribution is -0.124. The molecule has 0 saturated carbocycles. The van der Waals surface area contributed by atoms with E-state index in [4.69, 9.17) is 9.31 Å². The number of aliphatic hydroxyl groups excluding tert-OH is 1. The van der Waals surface area contributed by atoms with Crippen molar-refractivity contribution in [1.29, 1.82) is 0 Å². The highest BCUT2D eigenvalue weighted by Gasteiger charge is 2.54. The monoisotopic (exact) mass is 480 g/mol. The summed E-state index contributed by atoms with van der Waals surface area (Å²) in [6, 6.07) is 15.8. The van der Waals surface area contributed by atoms with E-state index in [0.29, 0.717) is 12.0 Å². The van der Waals surface area contributed by atoms with Gasteiger partial charge in [0, 0.05) is 5.56 Å². The minimum atomic E-state index is -1.11. The molecule has 0 aromatic heterocycles. The van der Waals surface area contributed by atoms with Gasteiger partial charge in [0.15, 0.2) is 0 Å². The summed E-state index contributed by atoms with van der Waals surface area (Å²) in [6.07, 6.45) is 0.619. The third kappa shape index (κ3) is 6.51. The first kappa shape index (κ1) is 26.9. The molecule has 1 saturated heterocycles. The van der Waals surface area contributed by atoms with Crippen LogP contribution in [0.3, 0.4) is 0 Å². The highest BCUT2D eigenvalue weighted by molar-refractivity contribution is 6.48.